The number of phenols is 1. The number of benzene rings is 3. The smallest absolute Gasteiger partial charge is 0.160 e. The van der Waals surface area contributed by atoms with Crippen molar-refractivity contribution in [1.82, 2.24) is 4.90 Å². The molecule has 0 spiro atoms. The summed E-state index contributed by atoms with van der Waals surface area (Å²) in [6.45, 7) is 2.52. The number of hydrogen-bond donors (Lipinski definition) is 1. The zero-order chi connectivity index (χ0) is 19.9. The van der Waals surface area contributed by atoms with Gasteiger partial charge in [0.1, 0.15) is 0 Å². The van der Waals surface area contributed by atoms with Gasteiger partial charge in [-0.05, 0) is 59.5 Å². The summed E-state index contributed by atoms with van der Waals surface area (Å²) in [5, 5.41) is 10.1. The second-order valence-electron chi connectivity index (χ2n) is 6.72. The number of nitrogens with zero attached hydrogens (tertiary/aromatic N) is 1. The van der Waals surface area contributed by atoms with Crippen molar-refractivity contribution in [1.29, 1.82) is 0 Å². The van der Waals surface area contributed by atoms with Crippen LogP contribution in [-0.4, -0.2) is 23.7 Å². The van der Waals surface area contributed by atoms with Crippen LogP contribution in [0.3, 0.4) is 0 Å². The quantitative estimate of drug-likeness (QED) is 0.398. The van der Waals surface area contributed by atoms with E-state index < -0.39 is 0 Å². The fourth-order valence-corrected chi connectivity index (χ4v) is 3.62. The van der Waals surface area contributed by atoms with Crippen molar-refractivity contribution in [2.45, 2.75) is 19.5 Å². The van der Waals surface area contributed by atoms with Crippen LogP contribution in [0.15, 0.2) is 75.7 Å². The Morgan fingerprint density at radius 1 is 0.786 bits per heavy atom. The Balaban J connectivity index is 1.73. The average Bonchev–Trinajstić information content (AvgIpc) is 2.69. The second-order valence-corrected chi connectivity index (χ2v) is 8.55. The topological polar surface area (TPSA) is 32.7 Å². The highest BCUT2D eigenvalue weighted by molar-refractivity contribution is 9.10. The Morgan fingerprint density at radius 2 is 1.32 bits per heavy atom. The molecule has 3 rings (SSSR count). The third kappa shape index (κ3) is 6.09. The maximum Gasteiger partial charge on any atom is 0.160 e. The summed E-state index contributed by atoms with van der Waals surface area (Å²) >= 11 is 6.99. The van der Waals surface area contributed by atoms with Gasteiger partial charge in [0, 0.05) is 28.6 Å². The zero-order valence-corrected chi connectivity index (χ0v) is 18.9. The fourth-order valence-electron chi connectivity index (χ4n) is 3.09. The third-order valence-corrected chi connectivity index (χ3v) is 5.66. The SMILES string of the molecule is COc1ccc(CN(CCc2ccc(Br)cc2)Cc2ccc(Br)cc2)cc1O. The normalized spacial score (nSPS) is 11.0. The summed E-state index contributed by atoms with van der Waals surface area (Å²) in [5.74, 6) is 0.676. The Labute approximate surface area is 183 Å². The Hall–Kier alpha value is -1.82. The van der Waals surface area contributed by atoms with Crippen LogP contribution in [0.5, 0.6) is 11.5 Å². The lowest BCUT2D eigenvalue weighted by molar-refractivity contribution is 0.259. The predicted molar refractivity (Wildman–Crippen MR) is 121 cm³/mol. The highest BCUT2D eigenvalue weighted by Gasteiger charge is 2.10. The van der Waals surface area contributed by atoms with E-state index in [9.17, 15) is 5.11 Å². The molecule has 0 aromatic heterocycles. The lowest BCUT2D eigenvalue weighted by Crippen LogP contribution is -2.25. The first kappa shape index (κ1) is 20.9. The molecule has 0 amide bonds. The van der Waals surface area contributed by atoms with Gasteiger partial charge in [-0.3, -0.25) is 4.90 Å². The molecule has 0 atom stereocenters. The maximum atomic E-state index is 10.1. The van der Waals surface area contributed by atoms with Crippen LogP contribution in [0, 0.1) is 0 Å². The molecule has 146 valence electrons. The first-order valence-corrected chi connectivity index (χ1v) is 10.7. The van der Waals surface area contributed by atoms with E-state index in [1.165, 1.54) is 11.1 Å². The van der Waals surface area contributed by atoms with Crippen LogP contribution in [-0.2, 0) is 19.5 Å². The molecule has 28 heavy (non-hydrogen) atoms. The van der Waals surface area contributed by atoms with Gasteiger partial charge in [-0.25, -0.2) is 0 Å². The van der Waals surface area contributed by atoms with Crippen molar-refractivity contribution in [3.8, 4) is 11.5 Å². The van der Waals surface area contributed by atoms with Crippen LogP contribution in [0.1, 0.15) is 16.7 Å². The molecule has 3 aromatic carbocycles. The minimum absolute atomic E-state index is 0.177. The molecule has 5 heteroatoms. The number of methoxy groups -OCH3 is 1. The van der Waals surface area contributed by atoms with Crippen LogP contribution < -0.4 is 4.74 Å². The summed E-state index contributed by atoms with van der Waals surface area (Å²) < 4.78 is 7.33. The molecule has 0 bridgehead atoms. The Kier molecular flexibility index (Phi) is 7.54. The van der Waals surface area contributed by atoms with Gasteiger partial charge in [-0.2, -0.15) is 0 Å². The summed E-state index contributed by atoms with van der Waals surface area (Å²) in [4.78, 5) is 2.40. The van der Waals surface area contributed by atoms with Crippen LogP contribution in [0.2, 0.25) is 0 Å². The van der Waals surface area contributed by atoms with E-state index in [1.54, 1.807) is 13.2 Å². The van der Waals surface area contributed by atoms with E-state index in [0.29, 0.717) is 5.75 Å². The van der Waals surface area contributed by atoms with Crippen LogP contribution in [0.25, 0.3) is 0 Å². The first-order chi connectivity index (χ1) is 13.5. The molecule has 0 unspecified atom stereocenters. The van der Waals surface area contributed by atoms with E-state index in [1.807, 2.05) is 12.1 Å². The molecule has 0 aliphatic rings. The number of halogens is 2. The van der Waals surface area contributed by atoms with Gasteiger partial charge < -0.3 is 9.84 Å². The van der Waals surface area contributed by atoms with Gasteiger partial charge in [0.2, 0.25) is 0 Å². The second kappa shape index (κ2) is 10.1. The number of rotatable bonds is 8. The van der Waals surface area contributed by atoms with E-state index in [2.05, 4.69) is 85.3 Å². The molecular weight excluding hydrogens is 482 g/mol. The molecule has 0 fully saturated rings. The molecule has 0 saturated heterocycles. The summed E-state index contributed by atoms with van der Waals surface area (Å²) in [6, 6.07) is 22.5. The standard InChI is InChI=1S/C23H23Br2NO2/c1-28-23-11-6-19(14-22(23)27)16-26(15-18-4-9-21(25)10-5-18)13-12-17-2-7-20(24)8-3-17/h2-11,14,27H,12-13,15-16H2,1H3. The minimum atomic E-state index is 0.177. The number of hydrogen-bond acceptors (Lipinski definition) is 3. The number of phenolic OH excluding ortho intramolecular Hbond substituents is 1. The summed E-state index contributed by atoms with van der Waals surface area (Å²) in [6.07, 6.45) is 0.964. The number of ether oxygens (including phenoxy) is 1. The minimum Gasteiger partial charge on any atom is -0.504 e. The van der Waals surface area contributed by atoms with Crippen molar-refractivity contribution in [3.05, 3.63) is 92.4 Å². The number of aromatic hydroxyl groups is 1. The first-order valence-electron chi connectivity index (χ1n) is 9.10. The average molecular weight is 505 g/mol. The van der Waals surface area contributed by atoms with E-state index in [-0.39, 0.29) is 5.75 Å². The fraction of sp³-hybridized carbons (Fsp3) is 0.217. The molecule has 0 aliphatic carbocycles. The van der Waals surface area contributed by atoms with Gasteiger partial charge in [0.25, 0.3) is 0 Å². The molecule has 3 aromatic rings. The largest absolute Gasteiger partial charge is 0.504 e. The lowest BCUT2D eigenvalue weighted by Gasteiger charge is -2.23. The van der Waals surface area contributed by atoms with Crippen molar-refractivity contribution in [2.75, 3.05) is 13.7 Å². The van der Waals surface area contributed by atoms with Crippen molar-refractivity contribution < 1.29 is 9.84 Å². The van der Waals surface area contributed by atoms with Gasteiger partial charge >= 0.3 is 0 Å². The van der Waals surface area contributed by atoms with Crippen molar-refractivity contribution in [2.24, 2.45) is 0 Å². The van der Waals surface area contributed by atoms with E-state index in [4.69, 9.17) is 4.74 Å². The molecular formula is C23H23Br2NO2. The molecule has 3 nitrogen and oxygen atoms in total. The van der Waals surface area contributed by atoms with Crippen molar-refractivity contribution in [3.63, 3.8) is 0 Å². The van der Waals surface area contributed by atoms with E-state index >= 15 is 0 Å². The molecule has 1 N–H and O–H groups in total. The van der Waals surface area contributed by atoms with Gasteiger partial charge in [0.05, 0.1) is 7.11 Å². The highest BCUT2D eigenvalue weighted by Crippen LogP contribution is 2.27. The van der Waals surface area contributed by atoms with Gasteiger partial charge in [-0.15, -0.1) is 0 Å². The Morgan fingerprint density at radius 3 is 1.89 bits per heavy atom. The molecule has 0 heterocycles. The van der Waals surface area contributed by atoms with Gasteiger partial charge in [0.15, 0.2) is 11.5 Å². The predicted octanol–water partition coefficient (Wildman–Crippen LogP) is 6.17. The Bertz CT molecular complexity index is 895. The zero-order valence-electron chi connectivity index (χ0n) is 15.7. The molecule has 0 radical (unpaired) electrons. The summed E-state index contributed by atoms with van der Waals surface area (Å²) in [5.41, 5.74) is 3.63. The van der Waals surface area contributed by atoms with Gasteiger partial charge in [-0.1, -0.05) is 62.2 Å². The highest BCUT2D eigenvalue weighted by atomic mass is 79.9. The maximum absolute atomic E-state index is 10.1. The molecule has 0 aliphatic heterocycles. The third-order valence-electron chi connectivity index (χ3n) is 4.60. The summed E-state index contributed by atoms with van der Waals surface area (Å²) in [7, 11) is 1.56. The monoisotopic (exact) mass is 503 g/mol. The van der Waals surface area contributed by atoms with Crippen LogP contribution in [0.4, 0.5) is 0 Å². The van der Waals surface area contributed by atoms with Crippen LogP contribution >= 0.6 is 31.9 Å². The van der Waals surface area contributed by atoms with E-state index in [0.717, 1.165) is 40.6 Å². The molecule has 0 saturated carbocycles. The van der Waals surface area contributed by atoms with Crippen molar-refractivity contribution >= 4 is 31.9 Å². The lowest BCUT2D eigenvalue weighted by atomic mass is 10.1.